The van der Waals surface area contributed by atoms with Gasteiger partial charge < -0.3 is 15.4 Å². The van der Waals surface area contributed by atoms with Gasteiger partial charge in [0.2, 0.25) is 5.91 Å². The molecule has 18 heavy (non-hydrogen) atoms. The van der Waals surface area contributed by atoms with Crippen LogP contribution in [0.4, 0.5) is 0 Å². The molecule has 1 rings (SSSR count). The first-order chi connectivity index (χ1) is 8.72. The number of ether oxygens (including phenoxy) is 1. The van der Waals surface area contributed by atoms with Crippen LogP contribution in [0, 0.1) is 0 Å². The van der Waals surface area contributed by atoms with Crippen LogP contribution in [0.3, 0.4) is 0 Å². The second-order valence-corrected chi connectivity index (χ2v) is 5.01. The summed E-state index contributed by atoms with van der Waals surface area (Å²) < 4.78 is 5.01. The lowest BCUT2D eigenvalue weighted by Gasteiger charge is -2.36. The van der Waals surface area contributed by atoms with Crippen LogP contribution in [0.5, 0.6) is 0 Å². The maximum atomic E-state index is 11.9. The number of carbonyl (C=O) groups is 1. The SMILES string of the molecule is C=COCCCNC(=O)CC1(NC)CCCCC1. The van der Waals surface area contributed by atoms with Crippen LogP contribution >= 0.6 is 0 Å². The van der Waals surface area contributed by atoms with Crippen LogP contribution < -0.4 is 10.6 Å². The molecule has 0 aromatic heterocycles. The van der Waals surface area contributed by atoms with Crippen LogP contribution in [-0.2, 0) is 9.53 Å². The van der Waals surface area contributed by atoms with Crippen LogP contribution in [0.25, 0.3) is 0 Å². The number of nitrogens with one attached hydrogen (secondary N) is 2. The van der Waals surface area contributed by atoms with Crippen molar-refractivity contribution in [3.63, 3.8) is 0 Å². The fourth-order valence-corrected chi connectivity index (χ4v) is 2.58. The zero-order valence-electron chi connectivity index (χ0n) is 11.5. The van der Waals surface area contributed by atoms with Crippen molar-refractivity contribution in [3.8, 4) is 0 Å². The molecule has 1 aliphatic rings. The predicted molar refractivity (Wildman–Crippen MR) is 73.3 cm³/mol. The second-order valence-electron chi connectivity index (χ2n) is 5.01. The molecule has 0 bridgehead atoms. The highest BCUT2D eigenvalue weighted by Gasteiger charge is 2.32. The Labute approximate surface area is 110 Å². The van der Waals surface area contributed by atoms with Gasteiger partial charge in [-0.15, -0.1) is 0 Å². The van der Waals surface area contributed by atoms with Gasteiger partial charge in [-0.3, -0.25) is 4.79 Å². The van der Waals surface area contributed by atoms with E-state index in [1.54, 1.807) is 0 Å². The molecule has 0 unspecified atom stereocenters. The van der Waals surface area contributed by atoms with Crippen molar-refractivity contribution in [1.82, 2.24) is 10.6 Å². The molecule has 2 N–H and O–H groups in total. The molecule has 0 aromatic rings. The Bertz CT molecular complexity index is 261. The van der Waals surface area contributed by atoms with Gasteiger partial charge in [-0.2, -0.15) is 0 Å². The monoisotopic (exact) mass is 254 g/mol. The summed E-state index contributed by atoms with van der Waals surface area (Å²) in [5, 5.41) is 6.31. The lowest BCUT2D eigenvalue weighted by molar-refractivity contribution is -0.122. The molecule has 1 fully saturated rings. The van der Waals surface area contributed by atoms with E-state index in [4.69, 9.17) is 4.74 Å². The molecule has 0 heterocycles. The van der Waals surface area contributed by atoms with E-state index >= 15 is 0 Å². The molecule has 0 aliphatic heterocycles. The maximum Gasteiger partial charge on any atom is 0.221 e. The summed E-state index contributed by atoms with van der Waals surface area (Å²) in [6.45, 7) is 4.76. The Hall–Kier alpha value is -1.03. The third-order valence-corrected chi connectivity index (χ3v) is 3.72. The molecular weight excluding hydrogens is 228 g/mol. The van der Waals surface area contributed by atoms with Gasteiger partial charge in [-0.25, -0.2) is 0 Å². The fraction of sp³-hybridized carbons (Fsp3) is 0.786. The van der Waals surface area contributed by atoms with Gasteiger partial charge in [-0.05, 0) is 26.3 Å². The van der Waals surface area contributed by atoms with E-state index in [-0.39, 0.29) is 11.4 Å². The highest BCUT2D eigenvalue weighted by atomic mass is 16.5. The minimum Gasteiger partial charge on any atom is -0.502 e. The summed E-state index contributed by atoms with van der Waals surface area (Å²) in [5.41, 5.74) is 0.0277. The first kappa shape index (κ1) is 15.0. The Morgan fingerprint density at radius 2 is 2.11 bits per heavy atom. The highest BCUT2D eigenvalue weighted by molar-refractivity contribution is 5.77. The number of rotatable bonds is 8. The zero-order valence-corrected chi connectivity index (χ0v) is 11.5. The minimum atomic E-state index is 0.0277. The first-order valence-electron chi connectivity index (χ1n) is 6.90. The second kappa shape index (κ2) is 8.14. The number of amides is 1. The van der Waals surface area contributed by atoms with Crippen LogP contribution in [0.2, 0.25) is 0 Å². The summed E-state index contributed by atoms with van der Waals surface area (Å²) in [6, 6.07) is 0. The van der Waals surface area contributed by atoms with Gasteiger partial charge in [0.1, 0.15) is 0 Å². The van der Waals surface area contributed by atoms with E-state index in [0.717, 1.165) is 19.3 Å². The summed E-state index contributed by atoms with van der Waals surface area (Å²) in [4.78, 5) is 11.9. The lowest BCUT2D eigenvalue weighted by atomic mass is 9.79. The van der Waals surface area contributed by atoms with Crippen molar-refractivity contribution in [3.05, 3.63) is 12.8 Å². The van der Waals surface area contributed by atoms with Crippen LogP contribution in [-0.4, -0.2) is 31.6 Å². The predicted octanol–water partition coefficient (Wildman–Crippen LogP) is 1.97. The molecule has 4 nitrogen and oxygen atoms in total. The van der Waals surface area contributed by atoms with E-state index in [1.165, 1.54) is 25.5 Å². The number of hydrogen-bond donors (Lipinski definition) is 2. The quantitative estimate of drug-likeness (QED) is 0.514. The Morgan fingerprint density at radius 1 is 1.39 bits per heavy atom. The maximum absolute atomic E-state index is 11.9. The van der Waals surface area contributed by atoms with E-state index in [2.05, 4.69) is 17.2 Å². The lowest BCUT2D eigenvalue weighted by Crippen LogP contribution is -2.48. The molecular formula is C14H26N2O2. The zero-order chi connectivity index (χ0) is 13.3. The summed E-state index contributed by atoms with van der Waals surface area (Å²) in [5.74, 6) is 0.143. The van der Waals surface area contributed by atoms with Gasteiger partial charge in [0.15, 0.2) is 0 Å². The molecule has 0 radical (unpaired) electrons. The third-order valence-electron chi connectivity index (χ3n) is 3.72. The van der Waals surface area contributed by atoms with Crippen molar-refractivity contribution in [1.29, 1.82) is 0 Å². The summed E-state index contributed by atoms with van der Waals surface area (Å²) >= 11 is 0. The molecule has 0 saturated heterocycles. The smallest absolute Gasteiger partial charge is 0.221 e. The largest absolute Gasteiger partial charge is 0.502 e. The Balaban J connectivity index is 2.22. The number of hydrogen-bond acceptors (Lipinski definition) is 3. The van der Waals surface area contributed by atoms with Crippen molar-refractivity contribution in [2.45, 2.75) is 50.5 Å². The van der Waals surface area contributed by atoms with Gasteiger partial charge in [0.05, 0.1) is 12.9 Å². The van der Waals surface area contributed by atoms with Crippen molar-refractivity contribution >= 4 is 5.91 Å². The van der Waals surface area contributed by atoms with Gasteiger partial charge in [0.25, 0.3) is 0 Å². The molecule has 104 valence electrons. The highest BCUT2D eigenvalue weighted by Crippen LogP contribution is 2.30. The van der Waals surface area contributed by atoms with Crippen LogP contribution in [0.15, 0.2) is 12.8 Å². The Morgan fingerprint density at radius 3 is 2.72 bits per heavy atom. The van der Waals surface area contributed by atoms with Crippen molar-refractivity contribution in [2.75, 3.05) is 20.2 Å². The van der Waals surface area contributed by atoms with Gasteiger partial charge >= 0.3 is 0 Å². The molecule has 1 saturated carbocycles. The Kier molecular flexibility index (Phi) is 6.80. The molecule has 4 heteroatoms. The topological polar surface area (TPSA) is 50.4 Å². The molecule has 0 spiro atoms. The van der Waals surface area contributed by atoms with Crippen molar-refractivity contribution in [2.24, 2.45) is 0 Å². The fourth-order valence-electron chi connectivity index (χ4n) is 2.58. The number of carbonyl (C=O) groups excluding carboxylic acids is 1. The molecule has 1 amide bonds. The average Bonchev–Trinajstić information content (AvgIpc) is 2.39. The molecule has 1 aliphatic carbocycles. The third kappa shape index (κ3) is 5.08. The first-order valence-corrected chi connectivity index (χ1v) is 6.90. The molecule has 0 atom stereocenters. The van der Waals surface area contributed by atoms with E-state index in [9.17, 15) is 4.79 Å². The van der Waals surface area contributed by atoms with E-state index < -0.39 is 0 Å². The molecule has 0 aromatic carbocycles. The van der Waals surface area contributed by atoms with E-state index in [1.807, 2.05) is 7.05 Å². The van der Waals surface area contributed by atoms with Gasteiger partial charge in [0, 0.05) is 18.5 Å². The summed E-state index contributed by atoms with van der Waals surface area (Å²) in [7, 11) is 1.97. The minimum absolute atomic E-state index is 0.0277. The standard InChI is InChI=1S/C14H26N2O2/c1-3-18-11-7-10-16-13(17)12-14(15-2)8-5-4-6-9-14/h3,15H,1,4-12H2,2H3,(H,16,17). The normalized spacial score (nSPS) is 18.1. The van der Waals surface area contributed by atoms with Gasteiger partial charge in [-0.1, -0.05) is 25.8 Å². The van der Waals surface area contributed by atoms with E-state index in [0.29, 0.717) is 19.6 Å². The van der Waals surface area contributed by atoms with Crippen LogP contribution in [0.1, 0.15) is 44.9 Å². The van der Waals surface area contributed by atoms with Crippen molar-refractivity contribution < 1.29 is 9.53 Å². The summed E-state index contributed by atoms with van der Waals surface area (Å²) in [6.07, 6.45) is 8.80. The average molecular weight is 254 g/mol.